The molecule has 8 nitrogen and oxygen atoms in total. The Hall–Kier alpha value is -1.35. The Morgan fingerprint density at radius 3 is 2.94 bits per heavy atom. The molecule has 4 atom stereocenters. The zero-order chi connectivity index (χ0) is 13.3. The van der Waals surface area contributed by atoms with Gasteiger partial charge < -0.3 is 10.6 Å². The second-order valence-corrected chi connectivity index (χ2v) is 5.33. The Kier molecular flexibility index (Phi) is 3.71. The van der Waals surface area contributed by atoms with Crippen molar-refractivity contribution in [2.75, 3.05) is 12.8 Å². The average Bonchev–Trinajstić information content (AvgIpc) is 3.11. The van der Waals surface area contributed by atoms with Crippen molar-refractivity contribution in [3.8, 4) is 0 Å². The lowest BCUT2D eigenvalue weighted by atomic mass is 10.2. The smallest absolute Gasteiger partial charge is 0.344 e. The van der Waals surface area contributed by atoms with Gasteiger partial charge in [-0.3, -0.25) is 24.4 Å². The minimum absolute atomic E-state index is 0.115. The van der Waals surface area contributed by atoms with E-state index in [1.54, 1.807) is 0 Å². The molecule has 4 unspecified atom stereocenters. The maximum Gasteiger partial charge on any atom is 0.344 e. The van der Waals surface area contributed by atoms with Crippen molar-refractivity contribution in [2.45, 2.75) is 30.0 Å². The summed E-state index contributed by atoms with van der Waals surface area (Å²) in [6, 6.07) is -0.348. The third-order valence-corrected chi connectivity index (χ3v) is 4.19. The highest BCUT2D eigenvalue weighted by atomic mass is 32.2. The summed E-state index contributed by atoms with van der Waals surface area (Å²) < 4.78 is 4.90. The van der Waals surface area contributed by atoms with Crippen molar-refractivity contribution < 1.29 is 19.2 Å². The second kappa shape index (κ2) is 5.11. The molecule has 18 heavy (non-hydrogen) atoms. The van der Waals surface area contributed by atoms with Gasteiger partial charge >= 0.3 is 6.23 Å². The number of carbonyl (C=O) groups is 2. The third kappa shape index (κ3) is 2.72. The van der Waals surface area contributed by atoms with Crippen LogP contribution in [0.1, 0.15) is 6.42 Å². The number of amides is 2. The van der Waals surface area contributed by atoms with Crippen molar-refractivity contribution in [1.82, 2.24) is 10.6 Å². The lowest BCUT2D eigenvalue weighted by Gasteiger charge is -2.26. The molecule has 0 saturated carbocycles. The van der Waals surface area contributed by atoms with E-state index in [1.807, 2.05) is 0 Å². The van der Waals surface area contributed by atoms with Gasteiger partial charge in [0.15, 0.2) is 6.10 Å². The van der Waals surface area contributed by atoms with Crippen LogP contribution in [0.15, 0.2) is 0 Å². The maximum absolute atomic E-state index is 11.7. The highest BCUT2D eigenvalue weighted by molar-refractivity contribution is 8.00. The van der Waals surface area contributed by atoms with Gasteiger partial charge in [0.1, 0.15) is 0 Å². The summed E-state index contributed by atoms with van der Waals surface area (Å²) in [7, 11) is 1.51. The highest BCUT2D eigenvalue weighted by Gasteiger charge is 2.56. The minimum atomic E-state index is -1.01. The number of carbonyl (C=O) groups excluding carboxylic acids is 2. The van der Waals surface area contributed by atoms with Gasteiger partial charge in [0, 0.05) is 19.2 Å². The first kappa shape index (κ1) is 13.1. The minimum Gasteiger partial charge on any atom is -0.359 e. The molecular weight excluding hydrogens is 262 g/mol. The number of rotatable bonds is 4. The van der Waals surface area contributed by atoms with Crippen LogP contribution in [0.25, 0.3) is 0 Å². The van der Waals surface area contributed by atoms with Crippen molar-refractivity contribution in [3.05, 3.63) is 10.1 Å². The average molecular weight is 275 g/mol. The highest BCUT2D eigenvalue weighted by Crippen LogP contribution is 2.31. The van der Waals surface area contributed by atoms with Crippen molar-refractivity contribution in [3.63, 3.8) is 0 Å². The Bertz CT molecular complexity index is 390. The SMILES string of the molecule is CNC(=O)CC1SCC(C2OC2[N+](=O)[O-])NC1=O. The number of nitrogens with zero attached hydrogens (tertiary/aromatic N) is 1. The van der Waals surface area contributed by atoms with E-state index in [9.17, 15) is 19.7 Å². The van der Waals surface area contributed by atoms with Gasteiger partial charge in [0.25, 0.3) is 0 Å². The molecule has 9 heteroatoms. The number of hydrogen-bond acceptors (Lipinski definition) is 6. The predicted octanol–water partition coefficient (Wildman–Crippen LogP) is -1.28. The normalized spacial score (nSPS) is 34.6. The maximum atomic E-state index is 11.7. The zero-order valence-electron chi connectivity index (χ0n) is 9.62. The molecule has 2 N–H and O–H groups in total. The number of ether oxygens (including phenoxy) is 1. The zero-order valence-corrected chi connectivity index (χ0v) is 10.4. The fraction of sp³-hybridized carbons (Fsp3) is 0.778. The van der Waals surface area contributed by atoms with Crippen LogP contribution in [0.2, 0.25) is 0 Å². The molecule has 2 heterocycles. The molecule has 2 fully saturated rings. The van der Waals surface area contributed by atoms with Crippen LogP contribution in [-0.2, 0) is 14.3 Å². The first-order chi connectivity index (χ1) is 8.52. The summed E-state index contributed by atoms with van der Waals surface area (Å²) in [5.74, 6) is 0.0481. The van der Waals surface area contributed by atoms with Gasteiger partial charge in [-0.1, -0.05) is 0 Å². The number of thioether (sulfide) groups is 1. The van der Waals surface area contributed by atoms with Crippen molar-refractivity contribution in [1.29, 1.82) is 0 Å². The lowest BCUT2D eigenvalue weighted by molar-refractivity contribution is -0.516. The molecule has 2 rings (SSSR count). The number of hydrogen-bond donors (Lipinski definition) is 2. The van der Waals surface area contributed by atoms with E-state index >= 15 is 0 Å². The largest absolute Gasteiger partial charge is 0.359 e. The molecule has 2 amide bonds. The van der Waals surface area contributed by atoms with Gasteiger partial charge in [-0.25, -0.2) is 0 Å². The van der Waals surface area contributed by atoms with E-state index < -0.39 is 22.5 Å². The van der Waals surface area contributed by atoms with E-state index in [-0.39, 0.29) is 24.3 Å². The molecule has 0 aromatic heterocycles. The summed E-state index contributed by atoms with van der Waals surface area (Å²) in [4.78, 5) is 32.9. The van der Waals surface area contributed by atoms with Crippen LogP contribution in [0.4, 0.5) is 0 Å². The summed E-state index contributed by atoms with van der Waals surface area (Å²) in [5.41, 5.74) is 0. The van der Waals surface area contributed by atoms with Crippen LogP contribution in [0.3, 0.4) is 0 Å². The first-order valence-corrected chi connectivity index (χ1v) is 6.49. The Morgan fingerprint density at radius 1 is 1.72 bits per heavy atom. The monoisotopic (exact) mass is 275 g/mol. The van der Waals surface area contributed by atoms with E-state index in [2.05, 4.69) is 10.6 Å². The quantitative estimate of drug-likeness (QED) is 0.375. The molecule has 0 aliphatic carbocycles. The summed E-state index contributed by atoms with van der Waals surface area (Å²) >= 11 is 1.33. The molecule has 0 spiro atoms. The van der Waals surface area contributed by atoms with Crippen molar-refractivity contribution in [2.24, 2.45) is 0 Å². The van der Waals surface area contributed by atoms with Crippen LogP contribution >= 0.6 is 11.8 Å². The number of epoxide rings is 1. The molecule has 100 valence electrons. The van der Waals surface area contributed by atoms with Gasteiger partial charge in [-0.05, 0) is 0 Å². The molecule has 0 radical (unpaired) electrons. The van der Waals surface area contributed by atoms with Gasteiger partial charge in [0.2, 0.25) is 11.8 Å². The topological polar surface area (TPSA) is 114 Å². The molecule has 0 aromatic carbocycles. The van der Waals surface area contributed by atoms with E-state index in [0.717, 1.165) is 0 Å². The fourth-order valence-electron chi connectivity index (χ4n) is 1.79. The molecule has 2 saturated heterocycles. The van der Waals surface area contributed by atoms with Crippen LogP contribution in [0, 0.1) is 10.1 Å². The van der Waals surface area contributed by atoms with Gasteiger partial charge in [-0.15, -0.1) is 11.8 Å². The molecular formula is C9H13N3O5S. The van der Waals surface area contributed by atoms with Crippen LogP contribution in [0.5, 0.6) is 0 Å². The predicted molar refractivity (Wildman–Crippen MR) is 62.5 cm³/mol. The Labute approximate surface area is 107 Å². The molecule has 2 aliphatic rings. The Morgan fingerprint density at radius 2 is 2.44 bits per heavy atom. The summed E-state index contributed by atoms with van der Waals surface area (Å²) in [6.45, 7) is 0. The van der Waals surface area contributed by atoms with Crippen LogP contribution in [-0.4, -0.2) is 53.2 Å². The van der Waals surface area contributed by atoms with E-state index in [1.165, 1.54) is 18.8 Å². The standard InChI is InChI=1S/C9H13N3O5S/c1-10-6(13)2-5-8(14)11-4(3-18-5)7-9(17-7)12(15)16/h4-5,7,9H,2-3H2,1H3,(H,10,13)(H,11,14). The molecule has 0 bridgehead atoms. The van der Waals surface area contributed by atoms with E-state index in [0.29, 0.717) is 5.75 Å². The van der Waals surface area contributed by atoms with Crippen molar-refractivity contribution >= 4 is 23.6 Å². The molecule has 0 aromatic rings. The van der Waals surface area contributed by atoms with E-state index in [4.69, 9.17) is 4.74 Å². The van der Waals surface area contributed by atoms with Gasteiger partial charge in [-0.2, -0.15) is 0 Å². The Balaban J connectivity index is 1.84. The fourth-order valence-corrected chi connectivity index (χ4v) is 2.99. The molecule has 2 aliphatic heterocycles. The second-order valence-electron chi connectivity index (χ2n) is 4.09. The number of nitro groups is 1. The van der Waals surface area contributed by atoms with Gasteiger partial charge in [0.05, 0.1) is 16.2 Å². The summed E-state index contributed by atoms with van der Waals surface area (Å²) in [6.07, 6.45) is -1.44. The van der Waals surface area contributed by atoms with Crippen LogP contribution < -0.4 is 10.6 Å². The summed E-state index contributed by atoms with van der Waals surface area (Å²) in [5, 5.41) is 15.1. The third-order valence-electron chi connectivity index (χ3n) is 2.85. The lowest BCUT2D eigenvalue weighted by Crippen LogP contribution is -2.51. The number of nitrogens with one attached hydrogen (secondary N) is 2. The first-order valence-electron chi connectivity index (χ1n) is 5.44.